The van der Waals surface area contributed by atoms with Crippen LogP contribution in [0.4, 0.5) is 0 Å². The number of hydrogen-bond donors (Lipinski definition) is 1. The van der Waals surface area contributed by atoms with Crippen molar-refractivity contribution in [2.75, 3.05) is 19.8 Å². The molecule has 1 aliphatic rings. The summed E-state index contributed by atoms with van der Waals surface area (Å²) in [5.41, 5.74) is 0. The molecule has 1 aliphatic carbocycles. The van der Waals surface area contributed by atoms with Crippen molar-refractivity contribution in [1.82, 2.24) is 5.32 Å². The Morgan fingerprint density at radius 1 is 1.20 bits per heavy atom. The highest BCUT2D eigenvalue weighted by molar-refractivity contribution is 4.79. The smallest absolute Gasteiger partial charge is 0.0466 e. The average Bonchev–Trinajstić information content (AvgIpc) is 2.71. The predicted molar refractivity (Wildman–Crippen MR) is 65.1 cm³/mol. The van der Waals surface area contributed by atoms with E-state index in [9.17, 15) is 0 Å². The summed E-state index contributed by atoms with van der Waals surface area (Å²) >= 11 is 0. The lowest BCUT2D eigenvalue weighted by atomic mass is 10.1. The Kier molecular flexibility index (Phi) is 7.03. The Morgan fingerprint density at radius 3 is 2.73 bits per heavy atom. The van der Waals surface area contributed by atoms with Gasteiger partial charge >= 0.3 is 0 Å². The molecule has 2 heteroatoms. The SMILES string of the molecule is CCOCCCCNC1CCC(CC)C1. The van der Waals surface area contributed by atoms with Crippen molar-refractivity contribution in [2.45, 2.75) is 58.4 Å². The number of rotatable bonds is 8. The van der Waals surface area contributed by atoms with Crippen molar-refractivity contribution in [3.63, 3.8) is 0 Å². The Morgan fingerprint density at radius 2 is 2.07 bits per heavy atom. The van der Waals surface area contributed by atoms with E-state index >= 15 is 0 Å². The Labute approximate surface area is 94.8 Å². The van der Waals surface area contributed by atoms with Crippen LogP contribution < -0.4 is 5.32 Å². The molecule has 2 nitrogen and oxygen atoms in total. The van der Waals surface area contributed by atoms with Crippen LogP contribution in [0.1, 0.15) is 52.4 Å². The lowest BCUT2D eigenvalue weighted by Gasteiger charge is -2.12. The van der Waals surface area contributed by atoms with E-state index in [1.165, 1.54) is 45.1 Å². The second-order valence-corrected chi connectivity index (χ2v) is 4.64. The topological polar surface area (TPSA) is 21.3 Å². The largest absolute Gasteiger partial charge is 0.382 e. The van der Waals surface area contributed by atoms with Gasteiger partial charge in [-0.05, 0) is 51.5 Å². The van der Waals surface area contributed by atoms with E-state index in [1.54, 1.807) is 0 Å². The summed E-state index contributed by atoms with van der Waals surface area (Å²) < 4.78 is 5.31. The Balaban J connectivity index is 1.88. The maximum absolute atomic E-state index is 5.31. The molecule has 0 amide bonds. The van der Waals surface area contributed by atoms with Crippen LogP contribution in [0.2, 0.25) is 0 Å². The number of nitrogens with one attached hydrogen (secondary N) is 1. The van der Waals surface area contributed by atoms with E-state index in [-0.39, 0.29) is 0 Å². The minimum Gasteiger partial charge on any atom is -0.382 e. The summed E-state index contributed by atoms with van der Waals surface area (Å²) in [6.07, 6.45) is 8.06. The van der Waals surface area contributed by atoms with Gasteiger partial charge in [0.05, 0.1) is 0 Å². The highest BCUT2D eigenvalue weighted by atomic mass is 16.5. The second-order valence-electron chi connectivity index (χ2n) is 4.64. The molecule has 0 aromatic carbocycles. The van der Waals surface area contributed by atoms with Crippen LogP contribution in [0, 0.1) is 5.92 Å². The van der Waals surface area contributed by atoms with Gasteiger partial charge in [-0.25, -0.2) is 0 Å². The van der Waals surface area contributed by atoms with Gasteiger partial charge in [-0.15, -0.1) is 0 Å². The first-order valence-electron chi connectivity index (χ1n) is 6.68. The molecule has 1 saturated carbocycles. The molecule has 2 unspecified atom stereocenters. The molecule has 1 N–H and O–H groups in total. The molecule has 0 bridgehead atoms. The van der Waals surface area contributed by atoms with Gasteiger partial charge in [0, 0.05) is 19.3 Å². The Hall–Kier alpha value is -0.0800. The van der Waals surface area contributed by atoms with Crippen molar-refractivity contribution < 1.29 is 4.74 Å². The van der Waals surface area contributed by atoms with Gasteiger partial charge in [-0.3, -0.25) is 0 Å². The molecular formula is C13H27NO. The van der Waals surface area contributed by atoms with E-state index in [1.807, 2.05) is 0 Å². The maximum Gasteiger partial charge on any atom is 0.0466 e. The zero-order valence-electron chi connectivity index (χ0n) is 10.4. The number of ether oxygens (including phenoxy) is 1. The van der Waals surface area contributed by atoms with Gasteiger partial charge in [-0.1, -0.05) is 13.3 Å². The number of hydrogen-bond acceptors (Lipinski definition) is 2. The summed E-state index contributed by atoms with van der Waals surface area (Å²) in [6, 6.07) is 0.807. The third kappa shape index (κ3) is 5.53. The van der Waals surface area contributed by atoms with E-state index < -0.39 is 0 Å². The highest BCUT2D eigenvalue weighted by Gasteiger charge is 2.22. The fraction of sp³-hybridized carbons (Fsp3) is 1.00. The molecule has 0 heterocycles. The molecule has 0 radical (unpaired) electrons. The molecule has 90 valence electrons. The summed E-state index contributed by atoms with van der Waals surface area (Å²) in [5.74, 6) is 0.992. The van der Waals surface area contributed by atoms with Gasteiger partial charge in [0.15, 0.2) is 0 Å². The van der Waals surface area contributed by atoms with Gasteiger partial charge < -0.3 is 10.1 Å². The predicted octanol–water partition coefficient (Wildman–Crippen LogP) is 2.97. The van der Waals surface area contributed by atoms with Crippen LogP contribution >= 0.6 is 0 Å². The minimum absolute atomic E-state index is 0.807. The highest BCUT2D eigenvalue weighted by Crippen LogP contribution is 2.27. The van der Waals surface area contributed by atoms with E-state index in [2.05, 4.69) is 19.2 Å². The van der Waals surface area contributed by atoms with Crippen LogP contribution in [0.15, 0.2) is 0 Å². The minimum atomic E-state index is 0.807. The standard InChI is InChI=1S/C13H27NO/c1-3-12-7-8-13(11-12)14-9-5-6-10-15-4-2/h12-14H,3-11H2,1-2H3. The molecular weight excluding hydrogens is 186 g/mol. The first kappa shape index (κ1) is 13.0. The van der Waals surface area contributed by atoms with Gasteiger partial charge in [0.2, 0.25) is 0 Å². The van der Waals surface area contributed by atoms with Crippen LogP contribution in [0.3, 0.4) is 0 Å². The van der Waals surface area contributed by atoms with Crippen LogP contribution in [-0.4, -0.2) is 25.8 Å². The van der Waals surface area contributed by atoms with E-state index in [4.69, 9.17) is 4.74 Å². The molecule has 1 fully saturated rings. The lowest BCUT2D eigenvalue weighted by molar-refractivity contribution is 0.143. The summed E-state index contributed by atoms with van der Waals surface area (Å²) in [5, 5.41) is 3.67. The van der Waals surface area contributed by atoms with E-state index in [0.29, 0.717) is 0 Å². The summed E-state index contributed by atoms with van der Waals surface area (Å²) in [6.45, 7) is 7.33. The summed E-state index contributed by atoms with van der Waals surface area (Å²) in [4.78, 5) is 0. The average molecular weight is 213 g/mol. The monoisotopic (exact) mass is 213 g/mol. The van der Waals surface area contributed by atoms with Crippen molar-refractivity contribution in [3.8, 4) is 0 Å². The van der Waals surface area contributed by atoms with Crippen LogP contribution in [0.5, 0.6) is 0 Å². The first-order chi connectivity index (χ1) is 7.36. The molecule has 0 aromatic heterocycles. The fourth-order valence-corrected chi connectivity index (χ4v) is 2.41. The van der Waals surface area contributed by atoms with Crippen molar-refractivity contribution >= 4 is 0 Å². The number of unbranched alkanes of at least 4 members (excludes halogenated alkanes) is 1. The maximum atomic E-state index is 5.31. The van der Waals surface area contributed by atoms with Crippen LogP contribution in [0.25, 0.3) is 0 Å². The van der Waals surface area contributed by atoms with Crippen LogP contribution in [-0.2, 0) is 4.74 Å². The molecule has 0 aromatic rings. The third-order valence-corrected chi connectivity index (χ3v) is 3.47. The lowest BCUT2D eigenvalue weighted by Crippen LogP contribution is -2.27. The normalized spacial score (nSPS) is 26.0. The summed E-state index contributed by atoms with van der Waals surface area (Å²) in [7, 11) is 0. The van der Waals surface area contributed by atoms with Gasteiger partial charge in [-0.2, -0.15) is 0 Å². The molecule has 2 atom stereocenters. The quantitative estimate of drug-likeness (QED) is 0.626. The van der Waals surface area contributed by atoms with Gasteiger partial charge in [0.1, 0.15) is 0 Å². The van der Waals surface area contributed by atoms with Crippen molar-refractivity contribution in [3.05, 3.63) is 0 Å². The molecule has 0 aliphatic heterocycles. The van der Waals surface area contributed by atoms with E-state index in [0.717, 1.165) is 25.2 Å². The van der Waals surface area contributed by atoms with Gasteiger partial charge in [0.25, 0.3) is 0 Å². The molecule has 0 spiro atoms. The first-order valence-corrected chi connectivity index (χ1v) is 6.68. The molecule has 15 heavy (non-hydrogen) atoms. The second kappa shape index (κ2) is 8.12. The van der Waals surface area contributed by atoms with Crippen molar-refractivity contribution in [1.29, 1.82) is 0 Å². The molecule has 0 saturated heterocycles. The fourth-order valence-electron chi connectivity index (χ4n) is 2.41. The molecule has 1 rings (SSSR count). The van der Waals surface area contributed by atoms with Crippen molar-refractivity contribution in [2.24, 2.45) is 5.92 Å². The zero-order chi connectivity index (χ0) is 10.9. The Bertz CT molecular complexity index is 149. The third-order valence-electron chi connectivity index (χ3n) is 3.47. The zero-order valence-corrected chi connectivity index (χ0v) is 10.4.